The number of fused-ring (bicyclic) bond motifs is 1. The predicted molar refractivity (Wildman–Crippen MR) is 81.3 cm³/mol. The summed E-state index contributed by atoms with van der Waals surface area (Å²) in [6.45, 7) is 1.38. The second kappa shape index (κ2) is 6.04. The third-order valence-corrected chi connectivity index (χ3v) is 4.40. The Hall–Kier alpha value is -1.95. The first-order valence-electron chi connectivity index (χ1n) is 7.68. The molecule has 1 aromatic carbocycles. The van der Waals surface area contributed by atoms with Crippen LogP contribution in [0.1, 0.15) is 35.2 Å². The lowest BCUT2D eigenvalue weighted by Crippen LogP contribution is -2.41. The van der Waals surface area contributed by atoms with E-state index in [0.717, 1.165) is 18.4 Å². The average molecular weight is 305 g/mol. The van der Waals surface area contributed by atoms with Gasteiger partial charge in [0.05, 0.1) is 5.56 Å². The molecule has 0 aliphatic carbocycles. The first-order chi connectivity index (χ1) is 10.6. The molecule has 1 aromatic rings. The van der Waals surface area contributed by atoms with Crippen LogP contribution < -0.4 is 10.6 Å². The Balaban J connectivity index is 1.88. The van der Waals surface area contributed by atoms with E-state index in [4.69, 9.17) is 0 Å². The summed E-state index contributed by atoms with van der Waals surface area (Å²) in [6.07, 6.45) is 2.80. The SMILES string of the molecule is CNCC1CCCN1C(=O)c1cc2c(cc1F)NC(=O)CC2. The first kappa shape index (κ1) is 15.0. The number of likely N-dealkylation sites (N-methyl/N-ethyl adjacent to an activating group) is 1. The highest BCUT2D eigenvalue weighted by Gasteiger charge is 2.31. The molecular formula is C16H20FN3O2. The molecule has 5 nitrogen and oxygen atoms in total. The van der Waals surface area contributed by atoms with Gasteiger partial charge in [-0.05, 0) is 44.0 Å². The van der Waals surface area contributed by atoms with Crippen LogP contribution in [0.5, 0.6) is 0 Å². The zero-order valence-corrected chi connectivity index (χ0v) is 12.6. The van der Waals surface area contributed by atoms with Crippen LogP contribution in [-0.4, -0.2) is 42.9 Å². The van der Waals surface area contributed by atoms with Crippen molar-refractivity contribution < 1.29 is 14.0 Å². The molecule has 1 unspecified atom stereocenters. The van der Waals surface area contributed by atoms with Gasteiger partial charge in [0.25, 0.3) is 5.91 Å². The number of hydrogen-bond acceptors (Lipinski definition) is 3. The maximum absolute atomic E-state index is 14.3. The Labute approximate surface area is 128 Å². The average Bonchev–Trinajstić information content (AvgIpc) is 2.94. The molecule has 2 aliphatic rings. The molecule has 1 fully saturated rings. The van der Waals surface area contributed by atoms with Gasteiger partial charge in [-0.3, -0.25) is 9.59 Å². The van der Waals surface area contributed by atoms with Crippen molar-refractivity contribution in [2.45, 2.75) is 31.7 Å². The Morgan fingerprint density at radius 2 is 2.27 bits per heavy atom. The summed E-state index contributed by atoms with van der Waals surface area (Å²) in [5, 5.41) is 5.73. The van der Waals surface area contributed by atoms with E-state index in [1.165, 1.54) is 6.07 Å². The standard InChI is InChI=1S/C16H20FN3O2/c1-18-9-11-3-2-6-20(11)16(22)12-7-10-4-5-15(21)19-14(10)8-13(12)17/h7-8,11,18H,2-6,9H2,1H3,(H,19,21). The van der Waals surface area contributed by atoms with Crippen LogP contribution >= 0.6 is 0 Å². The summed E-state index contributed by atoms with van der Waals surface area (Å²) in [6, 6.07) is 2.98. The summed E-state index contributed by atoms with van der Waals surface area (Å²) < 4.78 is 14.3. The maximum atomic E-state index is 14.3. The topological polar surface area (TPSA) is 61.4 Å². The number of carbonyl (C=O) groups is 2. The third-order valence-electron chi connectivity index (χ3n) is 4.40. The number of aryl methyl sites for hydroxylation is 1. The van der Waals surface area contributed by atoms with Gasteiger partial charge < -0.3 is 15.5 Å². The zero-order valence-electron chi connectivity index (χ0n) is 12.6. The fourth-order valence-corrected chi connectivity index (χ4v) is 3.27. The summed E-state index contributed by atoms with van der Waals surface area (Å²) in [5.74, 6) is -0.935. The molecule has 0 aromatic heterocycles. The van der Waals surface area contributed by atoms with Crippen LogP contribution in [0.4, 0.5) is 10.1 Å². The van der Waals surface area contributed by atoms with Gasteiger partial charge in [-0.15, -0.1) is 0 Å². The molecule has 0 bridgehead atoms. The van der Waals surface area contributed by atoms with E-state index in [1.54, 1.807) is 11.0 Å². The molecule has 2 amide bonds. The van der Waals surface area contributed by atoms with Crippen molar-refractivity contribution in [3.63, 3.8) is 0 Å². The molecule has 2 N–H and O–H groups in total. The molecule has 118 valence electrons. The number of amides is 2. The minimum Gasteiger partial charge on any atom is -0.334 e. The number of hydrogen-bond donors (Lipinski definition) is 2. The van der Waals surface area contributed by atoms with Gasteiger partial charge >= 0.3 is 0 Å². The number of anilines is 1. The van der Waals surface area contributed by atoms with Crippen molar-refractivity contribution in [2.75, 3.05) is 25.5 Å². The van der Waals surface area contributed by atoms with E-state index >= 15 is 0 Å². The van der Waals surface area contributed by atoms with Crippen LogP contribution in [0.25, 0.3) is 0 Å². The monoisotopic (exact) mass is 305 g/mol. The summed E-state index contributed by atoms with van der Waals surface area (Å²) in [4.78, 5) is 25.8. The minimum atomic E-state index is -0.568. The van der Waals surface area contributed by atoms with Crippen molar-refractivity contribution in [1.29, 1.82) is 0 Å². The van der Waals surface area contributed by atoms with Gasteiger partial charge in [0.1, 0.15) is 5.82 Å². The Morgan fingerprint density at radius 1 is 1.45 bits per heavy atom. The number of halogens is 1. The lowest BCUT2D eigenvalue weighted by molar-refractivity contribution is -0.116. The highest BCUT2D eigenvalue weighted by molar-refractivity contribution is 5.98. The molecule has 1 saturated heterocycles. The molecule has 3 rings (SSSR count). The number of carbonyl (C=O) groups excluding carboxylic acids is 2. The smallest absolute Gasteiger partial charge is 0.257 e. The molecule has 0 saturated carbocycles. The number of rotatable bonds is 3. The lowest BCUT2D eigenvalue weighted by Gasteiger charge is -2.26. The van der Waals surface area contributed by atoms with E-state index in [2.05, 4.69) is 10.6 Å². The first-order valence-corrected chi connectivity index (χ1v) is 7.68. The van der Waals surface area contributed by atoms with Crippen molar-refractivity contribution in [2.24, 2.45) is 0 Å². The van der Waals surface area contributed by atoms with Crippen LogP contribution in [-0.2, 0) is 11.2 Å². The number of benzene rings is 1. The van der Waals surface area contributed by atoms with Gasteiger partial charge in [-0.1, -0.05) is 0 Å². The molecule has 0 radical (unpaired) electrons. The van der Waals surface area contributed by atoms with E-state index in [0.29, 0.717) is 31.6 Å². The van der Waals surface area contributed by atoms with Crippen molar-refractivity contribution >= 4 is 17.5 Å². The molecule has 2 aliphatic heterocycles. The Kier molecular flexibility index (Phi) is 4.11. The lowest BCUT2D eigenvalue weighted by atomic mass is 9.99. The fourth-order valence-electron chi connectivity index (χ4n) is 3.27. The molecular weight excluding hydrogens is 285 g/mol. The normalized spacial score (nSPS) is 20.7. The second-order valence-corrected chi connectivity index (χ2v) is 5.89. The fraction of sp³-hybridized carbons (Fsp3) is 0.500. The van der Waals surface area contributed by atoms with Crippen LogP contribution in [0.15, 0.2) is 12.1 Å². The summed E-state index contributed by atoms with van der Waals surface area (Å²) >= 11 is 0. The number of likely N-dealkylation sites (tertiary alicyclic amines) is 1. The van der Waals surface area contributed by atoms with Gasteiger partial charge in [-0.2, -0.15) is 0 Å². The molecule has 0 spiro atoms. The van der Waals surface area contributed by atoms with Crippen LogP contribution in [0.3, 0.4) is 0 Å². The number of nitrogens with one attached hydrogen (secondary N) is 2. The third kappa shape index (κ3) is 2.70. The summed E-state index contributed by atoms with van der Waals surface area (Å²) in [7, 11) is 1.85. The second-order valence-electron chi connectivity index (χ2n) is 5.89. The molecule has 2 heterocycles. The highest BCUT2D eigenvalue weighted by Crippen LogP contribution is 2.28. The maximum Gasteiger partial charge on any atom is 0.257 e. The zero-order chi connectivity index (χ0) is 15.7. The highest BCUT2D eigenvalue weighted by atomic mass is 19.1. The van der Waals surface area contributed by atoms with E-state index < -0.39 is 5.82 Å². The predicted octanol–water partition coefficient (Wildman–Crippen LogP) is 1.53. The molecule has 1 atom stereocenters. The van der Waals surface area contributed by atoms with Gasteiger partial charge in [0, 0.05) is 31.2 Å². The van der Waals surface area contributed by atoms with Gasteiger partial charge in [0.2, 0.25) is 5.91 Å². The van der Waals surface area contributed by atoms with Crippen LogP contribution in [0.2, 0.25) is 0 Å². The quantitative estimate of drug-likeness (QED) is 0.890. The van der Waals surface area contributed by atoms with Crippen molar-refractivity contribution in [3.05, 3.63) is 29.1 Å². The van der Waals surface area contributed by atoms with Gasteiger partial charge in [0.15, 0.2) is 0 Å². The largest absolute Gasteiger partial charge is 0.334 e. The summed E-state index contributed by atoms with van der Waals surface area (Å²) in [5.41, 5.74) is 1.42. The Morgan fingerprint density at radius 3 is 3.05 bits per heavy atom. The van der Waals surface area contributed by atoms with Crippen LogP contribution in [0, 0.1) is 5.82 Å². The van der Waals surface area contributed by atoms with E-state index in [-0.39, 0.29) is 23.4 Å². The number of nitrogens with zero attached hydrogens (tertiary/aromatic N) is 1. The van der Waals surface area contributed by atoms with E-state index in [9.17, 15) is 14.0 Å². The van der Waals surface area contributed by atoms with E-state index in [1.807, 2.05) is 7.05 Å². The molecule has 22 heavy (non-hydrogen) atoms. The van der Waals surface area contributed by atoms with Crippen molar-refractivity contribution in [1.82, 2.24) is 10.2 Å². The molecule has 6 heteroatoms. The van der Waals surface area contributed by atoms with Gasteiger partial charge in [-0.25, -0.2) is 4.39 Å². The van der Waals surface area contributed by atoms with Crippen molar-refractivity contribution in [3.8, 4) is 0 Å². The Bertz CT molecular complexity index is 618. The minimum absolute atomic E-state index is 0.109.